The molecule has 1 N–H and O–H groups in total. The van der Waals surface area contributed by atoms with E-state index in [1.54, 1.807) is 33.1 Å². The molecule has 4 nitrogen and oxygen atoms in total. The molecule has 0 aliphatic heterocycles. The number of benzene rings is 1. The quantitative estimate of drug-likeness (QED) is 0.787. The Hall–Kier alpha value is -1.68. The Balaban J connectivity index is 2.99. The van der Waals surface area contributed by atoms with E-state index in [1.165, 1.54) is 0 Å². The first kappa shape index (κ1) is 14.4. The number of ether oxygens (including phenoxy) is 1. The van der Waals surface area contributed by atoms with Crippen LogP contribution in [0.3, 0.4) is 0 Å². The van der Waals surface area contributed by atoms with Crippen molar-refractivity contribution in [2.24, 2.45) is 11.8 Å². The summed E-state index contributed by atoms with van der Waals surface area (Å²) in [5, 5.41) is 8.94. The molecule has 0 saturated heterocycles. The summed E-state index contributed by atoms with van der Waals surface area (Å²) in [6.07, 6.45) is 0. The van der Waals surface area contributed by atoms with Crippen molar-refractivity contribution in [1.82, 2.24) is 0 Å². The van der Waals surface area contributed by atoms with Gasteiger partial charge in [-0.2, -0.15) is 0 Å². The van der Waals surface area contributed by atoms with Crippen molar-refractivity contribution in [3.05, 3.63) is 35.4 Å². The molecule has 2 unspecified atom stereocenters. The molecule has 18 heavy (non-hydrogen) atoms. The highest BCUT2D eigenvalue weighted by molar-refractivity contribution is 6.00. The highest BCUT2D eigenvalue weighted by Crippen LogP contribution is 2.20. The third-order valence-corrected chi connectivity index (χ3v) is 3.14. The summed E-state index contributed by atoms with van der Waals surface area (Å²) in [5.41, 5.74) is 1.33. The minimum absolute atomic E-state index is 0.155. The van der Waals surface area contributed by atoms with Crippen LogP contribution >= 0.6 is 0 Å². The van der Waals surface area contributed by atoms with Crippen molar-refractivity contribution >= 4 is 11.8 Å². The van der Waals surface area contributed by atoms with Gasteiger partial charge in [-0.05, 0) is 5.56 Å². The summed E-state index contributed by atoms with van der Waals surface area (Å²) in [6, 6.07) is 7.12. The number of hydrogen-bond acceptors (Lipinski definition) is 3. The smallest absolute Gasteiger partial charge is 0.306 e. The van der Waals surface area contributed by atoms with Gasteiger partial charge in [0.05, 0.1) is 12.5 Å². The van der Waals surface area contributed by atoms with Gasteiger partial charge in [-0.25, -0.2) is 0 Å². The highest BCUT2D eigenvalue weighted by Gasteiger charge is 2.27. The molecule has 4 heteroatoms. The largest absolute Gasteiger partial charge is 0.481 e. The molecule has 0 amide bonds. The fraction of sp³-hybridized carbons (Fsp3) is 0.429. The number of carbonyl (C=O) groups is 2. The van der Waals surface area contributed by atoms with Gasteiger partial charge in [-0.3, -0.25) is 9.59 Å². The number of Topliss-reactive ketones (excluding diaryl/α,β-unsaturated/α-hetero) is 1. The number of carbonyl (C=O) groups excluding carboxylic acids is 1. The van der Waals surface area contributed by atoms with E-state index >= 15 is 0 Å². The molecular weight excluding hydrogens is 232 g/mol. The van der Waals surface area contributed by atoms with E-state index in [-0.39, 0.29) is 5.78 Å². The standard InChI is InChI=1S/C14H18O4/c1-9(10(2)14(16)17)13(15)12-7-5-4-6-11(12)8-18-3/h4-7,9-10H,8H2,1-3H3,(H,16,17). The molecule has 0 spiro atoms. The van der Waals surface area contributed by atoms with Crippen molar-refractivity contribution in [2.45, 2.75) is 20.5 Å². The Labute approximate surface area is 107 Å². The van der Waals surface area contributed by atoms with Gasteiger partial charge in [0.1, 0.15) is 0 Å². The van der Waals surface area contributed by atoms with E-state index in [0.29, 0.717) is 12.2 Å². The Morgan fingerprint density at radius 3 is 2.39 bits per heavy atom. The zero-order valence-electron chi connectivity index (χ0n) is 10.8. The molecule has 1 rings (SSSR count). The monoisotopic (exact) mass is 250 g/mol. The van der Waals surface area contributed by atoms with Crippen LogP contribution in [0.25, 0.3) is 0 Å². The van der Waals surface area contributed by atoms with Crippen LogP contribution < -0.4 is 0 Å². The first-order valence-electron chi connectivity index (χ1n) is 5.83. The minimum Gasteiger partial charge on any atom is -0.481 e. The summed E-state index contributed by atoms with van der Waals surface area (Å²) < 4.78 is 5.04. The lowest BCUT2D eigenvalue weighted by molar-refractivity contribution is -0.142. The van der Waals surface area contributed by atoms with Gasteiger partial charge in [0, 0.05) is 18.6 Å². The second-order valence-electron chi connectivity index (χ2n) is 4.37. The first-order chi connectivity index (χ1) is 8.49. The van der Waals surface area contributed by atoms with E-state index in [4.69, 9.17) is 9.84 Å². The molecule has 0 saturated carbocycles. The van der Waals surface area contributed by atoms with E-state index in [9.17, 15) is 9.59 Å². The number of rotatable bonds is 6. The minimum atomic E-state index is -0.958. The third kappa shape index (κ3) is 3.17. The van der Waals surface area contributed by atoms with Gasteiger partial charge < -0.3 is 9.84 Å². The number of carboxylic acids is 1. The van der Waals surface area contributed by atoms with E-state index in [0.717, 1.165) is 5.56 Å². The number of hydrogen-bond donors (Lipinski definition) is 1. The maximum atomic E-state index is 12.3. The normalized spacial score (nSPS) is 13.9. The zero-order valence-corrected chi connectivity index (χ0v) is 10.8. The summed E-state index contributed by atoms with van der Waals surface area (Å²) in [7, 11) is 1.56. The van der Waals surface area contributed by atoms with Gasteiger partial charge in [-0.15, -0.1) is 0 Å². The van der Waals surface area contributed by atoms with Gasteiger partial charge in [-0.1, -0.05) is 38.1 Å². The van der Waals surface area contributed by atoms with Crippen molar-refractivity contribution in [3.63, 3.8) is 0 Å². The van der Waals surface area contributed by atoms with Crippen LogP contribution in [-0.2, 0) is 16.1 Å². The van der Waals surface area contributed by atoms with Crippen LogP contribution in [0, 0.1) is 11.8 Å². The molecule has 0 heterocycles. The lowest BCUT2D eigenvalue weighted by Crippen LogP contribution is -2.26. The van der Waals surface area contributed by atoms with Crippen LogP contribution in [0.15, 0.2) is 24.3 Å². The van der Waals surface area contributed by atoms with Crippen molar-refractivity contribution in [1.29, 1.82) is 0 Å². The van der Waals surface area contributed by atoms with Crippen molar-refractivity contribution < 1.29 is 19.4 Å². The summed E-state index contributed by atoms with van der Waals surface area (Å²) in [4.78, 5) is 23.2. The first-order valence-corrected chi connectivity index (χ1v) is 5.83. The van der Waals surface area contributed by atoms with Crippen LogP contribution in [0.5, 0.6) is 0 Å². The predicted octanol–water partition coefficient (Wildman–Crippen LogP) is 2.37. The lowest BCUT2D eigenvalue weighted by atomic mass is 9.87. The number of carboxylic acid groups (broad SMARTS) is 1. The third-order valence-electron chi connectivity index (χ3n) is 3.14. The average Bonchev–Trinajstić information content (AvgIpc) is 2.37. The molecule has 0 aliphatic rings. The van der Waals surface area contributed by atoms with Crippen molar-refractivity contribution in [2.75, 3.05) is 7.11 Å². The van der Waals surface area contributed by atoms with Gasteiger partial charge in [0.2, 0.25) is 0 Å². The van der Waals surface area contributed by atoms with Gasteiger partial charge in [0.15, 0.2) is 5.78 Å². The average molecular weight is 250 g/mol. The van der Waals surface area contributed by atoms with Gasteiger partial charge >= 0.3 is 5.97 Å². The van der Waals surface area contributed by atoms with E-state index in [2.05, 4.69) is 0 Å². The Bertz CT molecular complexity index is 439. The van der Waals surface area contributed by atoms with E-state index < -0.39 is 17.8 Å². The maximum absolute atomic E-state index is 12.3. The summed E-state index contributed by atoms with van der Waals surface area (Å²) in [6.45, 7) is 3.53. The van der Waals surface area contributed by atoms with Crippen LogP contribution in [0.4, 0.5) is 0 Å². The molecule has 1 aromatic carbocycles. The molecule has 1 aromatic rings. The van der Waals surface area contributed by atoms with Crippen molar-refractivity contribution in [3.8, 4) is 0 Å². The molecule has 0 radical (unpaired) electrons. The lowest BCUT2D eigenvalue weighted by Gasteiger charge is -2.16. The predicted molar refractivity (Wildman–Crippen MR) is 67.4 cm³/mol. The second kappa shape index (κ2) is 6.31. The molecule has 0 bridgehead atoms. The molecule has 0 aliphatic carbocycles. The van der Waals surface area contributed by atoms with Crippen LogP contribution in [0.2, 0.25) is 0 Å². The molecule has 0 aromatic heterocycles. The van der Waals surface area contributed by atoms with Crippen LogP contribution in [-0.4, -0.2) is 24.0 Å². The fourth-order valence-corrected chi connectivity index (χ4v) is 1.73. The fourth-order valence-electron chi connectivity index (χ4n) is 1.73. The molecule has 0 fully saturated rings. The SMILES string of the molecule is COCc1ccccc1C(=O)C(C)C(C)C(=O)O. The molecule has 98 valence electrons. The number of methoxy groups -OCH3 is 1. The topological polar surface area (TPSA) is 63.6 Å². The Kier molecular flexibility index (Phi) is 5.04. The molecular formula is C14H18O4. The summed E-state index contributed by atoms with van der Waals surface area (Å²) in [5.74, 6) is -2.37. The Morgan fingerprint density at radius 2 is 1.83 bits per heavy atom. The molecule has 2 atom stereocenters. The number of ketones is 1. The van der Waals surface area contributed by atoms with Crippen LogP contribution in [0.1, 0.15) is 29.8 Å². The van der Waals surface area contributed by atoms with Gasteiger partial charge in [0.25, 0.3) is 0 Å². The summed E-state index contributed by atoms with van der Waals surface area (Å²) >= 11 is 0. The Morgan fingerprint density at radius 1 is 1.22 bits per heavy atom. The second-order valence-corrected chi connectivity index (χ2v) is 4.37. The van der Waals surface area contributed by atoms with E-state index in [1.807, 2.05) is 12.1 Å². The highest BCUT2D eigenvalue weighted by atomic mass is 16.5. The maximum Gasteiger partial charge on any atom is 0.306 e. The number of aliphatic carboxylic acids is 1. The zero-order chi connectivity index (χ0) is 13.7.